The molecule has 104 valence electrons. The predicted octanol–water partition coefficient (Wildman–Crippen LogP) is 0.502. The highest BCUT2D eigenvalue weighted by Crippen LogP contribution is 2.08. The number of carbonyl (C=O) groups is 2. The van der Waals surface area contributed by atoms with Crippen molar-refractivity contribution in [2.75, 3.05) is 19.6 Å². The maximum absolute atomic E-state index is 12.0. The Morgan fingerprint density at radius 1 is 1.50 bits per heavy atom. The van der Waals surface area contributed by atoms with E-state index >= 15 is 0 Å². The first kappa shape index (κ1) is 15.0. The van der Waals surface area contributed by atoms with Gasteiger partial charge in [-0.05, 0) is 26.7 Å². The van der Waals surface area contributed by atoms with E-state index in [0.717, 1.165) is 19.4 Å². The van der Waals surface area contributed by atoms with E-state index in [1.807, 2.05) is 27.7 Å². The van der Waals surface area contributed by atoms with Crippen molar-refractivity contribution in [3.63, 3.8) is 0 Å². The first-order valence-corrected chi connectivity index (χ1v) is 6.72. The third-order valence-electron chi connectivity index (χ3n) is 3.49. The highest BCUT2D eigenvalue weighted by atomic mass is 16.2. The molecular weight excluding hydrogens is 230 g/mol. The van der Waals surface area contributed by atoms with E-state index in [2.05, 4.69) is 10.6 Å². The first-order chi connectivity index (χ1) is 8.39. The van der Waals surface area contributed by atoms with Gasteiger partial charge in [0.05, 0.1) is 12.6 Å². The Balaban J connectivity index is 2.51. The molecule has 0 aliphatic carbocycles. The zero-order chi connectivity index (χ0) is 13.8. The van der Waals surface area contributed by atoms with Gasteiger partial charge in [-0.15, -0.1) is 0 Å². The third kappa shape index (κ3) is 3.98. The van der Waals surface area contributed by atoms with Crippen LogP contribution in [0.3, 0.4) is 0 Å². The number of carbonyl (C=O) groups excluding carboxylic acids is 2. The molecule has 1 saturated heterocycles. The summed E-state index contributed by atoms with van der Waals surface area (Å²) in [6.07, 6.45) is 1.63. The van der Waals surface area contributed by atoms with Crippen LogP contribution in [0.5, 0.6) is 0 Å². The summed E-state index contributed by atoms with van der Waals surface area (Å²) in [5.74, 6) is -0.0415. The van der Waals surface area contributed by atoms with Gasteiger partial charge in [-0.25, -0.2) is 0 Å². The first-order valence-electron chi connectivity index (χ1n) is 6.72. The van der Waals surface area contributed by atoms with Crippen LogP contribution in [-0.4, -0.2) is 47.9 Å². The number of hydrogen-bond donors (Lipinski definition) is 2. The van der Waals surface area contributed by atoms with Gasteiger partial charge in [0.15, 0.2) is 0 Å². The van der Waals surface area contributed by atoms with Crippen LogP contribution < -0.4 is 10.6 Å². The van der Waals surface area contributed by atoms with E-state index in [1.165, 1.54) is 0 Å². The van der Waals surface area contributed by atoms with E-state index in [0.29, 0.717) is 6.54 Å². The zero-order valence-electron chi connectivity index (χ0n) is 11.9. The summed E-state index contributed by atoms with van der Waals surface area (Å²) in [6, 6.07) is -0.134. The zero-order valence-corrected chi connectivity index (χ0v) is 11.9. The molecule has 1 unspecified atom stereocenters. The SMILES string of the molecule is CCC1NCCN(CC(=O)NC(C)(C)CC)C1=O. The molecule has 2 amide bonds. The largest absolute Gasteiger partial charge is 0.350 e. The smallest absolute Gasteiger partial charge is 0.240 e. The summed E-state index contributed by atoms with van der Waals surface area (Å²) < 4.78 is 0. The molecule has 2 N–H and O–H groups in total. The lowest BCUT2D eigenvalue weighted by molar-refractivity contribution is -0.140. The van der Waals surface area contributed by atoms with Crippen molar-refractivity contribution in [2.45, 2.75) is 52.1 Å². The molecule has 5 heteroatoms. The Hall–Kier alpha value is -1.10. The van der Waals surface area contributed by atoms with Crippen LogP contribution in [0, 0.1) is 0 Å². The lowest BCUT2D eigenvalue weighted by Crippen LogP contribution is -2.57. The quantitative estimate of drug-likeness (QED) is 0.752. The standard InChI is InChI=1S/C13H25N3O2/c1-5-10-12(18)16(8-7-14-10)9-11(17)15-13(3,4)6-2/h10,14H,5-9H2,1-4H3,(H,15,17). The highest BCUT2D eigenvalue weighted by Gasteiger charge is 2.29. The lowest BCUT2D eigenvalue weighted by Gasteiger charge is -2.33. The topological polar surface area (TPSA) is 61.4 Å². The summed E-state index contributed by atoms with van der Waals surface area (Å²) >= 11 is 0. The molecular formula is C13H25N3O2. The van der Waals surface area contributed by atoms with Crippen LogP contribution in [0.2, 0.25) is 0 Å². The average Bonchev–Trinajstić information content (AvgIpc) is 2.31. The molecule has 18 heavy (non-hydrogen) atoms. The van der Waals surface area contributed by atoms with Crippen molar-refractivity contribution in [3.8, 4) is 0 Å². The van der Waals surface area contributed by atoms with Crippen LogP contribution in [0.15, 0.2) is 0 Å². The van der Waals surface area contributed by atoms with Crippen molar-refractivity contribution >= 4 is 11.8 Å². The molecule has 0 spiro atoms. The second-order valence-electron chi connectivity index (χ2n) is 5.46. The van der Waals surface area contributed by atoms with Crippen LogP contribution >= 0.6 is 0 Å². The fourth-order valence-corrected chi connectivity index (χ4v) is 1.95. The van der Waals surface area contributed by atoms with E-state index in [-0.39, 0.29) is 29.9 Å². The van der Waals surface area contributed by atoms with Gasteiger partial charge in [0.2, 0.25) is 11.8 Å². The molecule has 0 bridgehead atoms. The second-order valence-corrected chi connectivity index (χ2v) is 5.46. The van der Waals surface area contributed by atoms with Crippen LogP contribution in [0.1, 0.15) is 40.5 Å². The molecule has 1 heterocycles. The molecule has 1 aliphatic heterocycles. The Morgan fingerprint density at radius 3 is 2.72 bits per heavy atom. The normalized spacial score (nSPS) is 21.0. The molecule has 0 aromatic rings. The number of piperazine rings is 1. The maximum Gasteiger partial charge on any atom is 0.240 e. The summed E-state index contributed by atoms with van der Waals surface area (Å²) in [5.41, 5.74) is -0.210. The predicted molar refractivity (Wildman–Crippen MR) is 71.2 cm³/mol. The van der Waals surface area contributed by atoms with Gasteiger partial charge in [0.1, 0.15) is 0 Å². The number of amides is 2. The van der Waals surface area contributed by atoms with Crippen LogP contribution in [-0.2, 0) is 9.59 Å². The Kier molecular flexibility index (Phi) is 5.14. The maximum atomic E-state index is 12.0. The van der Waals surface area contributed by atoms with Gasteiger partial charge < -0.3 is 15.5 Å². The van der Waals surface area contributed by atoms with Gasteiger partial charge in [-0.1, -0.05) is 13.8 Å². The van der Waals surface area contributed by atoms with Gasteiger partial charge >= 0.3 is 0 Å². The van der Waals surface area contributed by atoms with Crippen molar-refractivity contribution in [2.24, 2.45) is 0 Å². The summed E-state index contributed by atoms with van der Waals surface area (Å²) in [7, 11) is 0. The average molecular weight is 255 g/mol. The number of rotatable bonds is 5. The lowest BCUT2D eigenvalue weighted by atomic mass is 10.0. The van der Waals surface area contributed by atoms with E-state index in [1.54, 1.807) is 4.90 Å². The summed E-state index contributed by atoms with van der Waals surface area (Å²) in [4.78, 5) is 25.6. The molecule has 0 saturated carbocycles. The molecule has 1 atom stereocenters. The fraction of sp³-hybridized carbons (Fsp3) is 0.846. The van der Waals surface area contributed by atoms with Crippen molar-refractivity contribution in [3.05, 3.63) is 0 Å². The second kappa shape index (κ2) is 6.18. The van der Waals surface area contributed by atoms with Gasteiger partial charge in [0.25, 0.3) is 0 Å². The molecule has 1 rings (SSSR count). The van der Waals surface area contributed by atoms with Gasteiger partial charge in [-0.3, -0.25) is 9.59 Å². The number of nitrogens with one attached hydrogen (secondary N) is 2. The Morgan fingerprint density at radius 2 is 2.17 bits per heavy atom. The molecule has 0 radical (unpaired) electrons. The molecule has 0 aromatic heterocycles. The van der Waals surface area contributed by atoms with Crippen LogP contribution in [0.25, 0.3) is 0 Å². The fourth-order valence-electron chi connectivity index (χ4n) is 1.95. The van der Waals surface area contributed by atoms with Crippen molar-refractivity contribution in [1.29, 1.82) is 0 Å². The summed E-state index contributed by atoms with van der Waals surface area (Å²) in [5, 5.41) is 6.11. The van der Waals surface area contributed by atoms with Crippen LogP contribution in [0.4, 0.5) is 0 Å². The van der Waals surface area contributed by atoms with Gasteiger partial charge in [0, 0.05) is 18.6 Å². The van der Waals surface area contributed by atoms with Crippen molar-refractivity contribution < 1.29 is 9.59 Å². The highest BCUT2D eigenvalue weighted by molar-refractivity contribution is 5.88. The van der Waals surface area contributed by atoms with Gasteiger partial charge in [-0.2, -0.15) is 0 Å². The Bertz CT molecular complexity index is 315. The van der Waals surface area contributed by atoms with E-state index in [9.17, 15) is 9.59 Å². The minimum Gasteiger partial charge on any atom is -0.350 e. The number of nitrogens with zero attached hydrogens (tertiary/aromatic N) is 1. The molecule has 0 aromatic carbocycles. The molecule has 1 aliphatic rings. The van der Waals surface area contributed by atoms with Crippen molar-refractivity contribution in [1.82, 2.24) is 15.5 Å². The number of hydrogen-bond acceptors (Lipinski definition) is 3. The Labute approximate surface area is 109 Å². The molecule has 1 fully saturated rings. The monoisotopic (exact) mass is 255 g/mol. The minimum absolute atomic E-state index is 0.0354. The molecule has 5 nitrogen and oxygen atoms in total. The van der Waals surface area contributed by atoms with E-state index in [4.69, 9.17) is 0 Å². The third-order valence-corrected chi connectivity index (χ3v) is 3.49. The minimum atomic E-state index is -0.210. The van der Waals surface area contributed by atoms with E-state index < -0.39 is 0 Å². The summed E-state index contributed by atoms with van der Waals surface area (Å²) in [6.45, 7) is 9.51.